The molecule has 3 saturated carbocycles. The lowest BCUT2D eigenvalue weighted by Gasteiger charge is -2.63. The molecule has 0 aromatic rings. The molecule has 0 amide bonds. The van der Waals surface area contributed by atoms with E-state index in [-0.39, 0.29) is 29.3 Å². The second-order valence-corrected chi connectivity index (χ2v) is 9.84. The second kappa shape index (κ2) is 5.54. The van der Waals surface area contributed by atoms with Crippen molar-refractivity contribution in [2.24, 2.45) is 28.6 Å². The standard InChI is InChI=1S/C21H34O4/c1-12(22)15-7-9-21(25)16-5-4-13-10-14(23)6-8-19(13,2)17(16)11-18(24)20(15,21)3/h4,12,14-18,22-25H,5-11H2,1-3H3/t12?,14-,15+,16+,17-,18+,19-,20-,21-/m0/s1. The smallest absolute Gasteiger partial charge is 0.0763 e. The topological polar surface area (TPSA) is 80.9 Å². The Bertz CT molecular complexity index is 586. The quantitative estimate of drug-likeness (QED) is 0.548. The third-order valence-corrected chi connectivity index (χ3v) is 9.01. The zero-order valence-corrected chi connectivity index (χ0v) is 15.8. The van der Waals surface area contributed by atoms with E-state index in [1.807, 2.05) is 6.92 Å². The van der Waals surface area contributed by atoms with E-state index < -0.39 is 23.2 Å². The summed E-state index contributed by atoms with van der Waals surface area (Å²) in [4.78, 5) is 0. The van der Waals surface area contributed by atoms with Crippen LogP contribution in [-0.4, -0.2) is 44.3 Å². The van der Waals surface area contributed by atoms with Crippen molar-refractivity contribution in [3.05, 3.63) is 11.6 Å². The highest BCUT2D eigenvalue weighted by Crippen LogP contribution is 2.68. The van der Waals surface area contributed by atoms with Crippen LogP contribution < -0.4 is 0 Å². The van der Waals surface area contributed by atoms with Crippen molar-refractivity contribution in [1.82, 2.24) is 0 Å². The van der Waals surface area contributed by atoms with Crippen LogP contribution in [0, 0.1) is 28.6 Å². The van der Waals surface area contributed by atoms with E-state index in [0.717, 1.165) is 32.1 Å². The van der Waals surface area contributed by atoms with Crippen LogP contribution in [0.15, 0.2) is 11.6 Å². The predicted octanol–water partition coefficient (Wildman–Crippen LogP) is 2.39. The summed E-state index contributed by atoms with van der Waals surface area (Å²) < 4.78 is 0. The maximum Gasteiger partial charge on any atom is 0.0763 e. The van der Waals surface area contributed by atoms with E-state index in [1.165, 1.54) is 5.57 Å². The normalized spacial score (nSPS) is 56.4. The van der Waals surface area contributed by atoms with Gasteiger partial charge in [0.1, 0.15) is 0 Å². The Kier molecular flexibility index (Phi) is 3.98. The third-order valence-electron chi connectivity index (χ3n) is 9.01. The second-order valence-electron chi connectivity index (χ2n) is 9.84. The Labute approximate surface area is 151 Å². The van der Waals surface area contributed by atoms with Crippen LogP contribution in [-0.2, 0) is 0 Å². The Morgan fingerprint density at radius 3 is 2.52 bits per heavy atom. The monoisotopic (exact) mass is 350 g/mol. The molecule has 4 N–H and O–H groups in total. The Morgan fingerprint density at radius 1 is 1.12 bits per heavy atom. The number of rotatable bonds is 1. The first-order valence-corrected chi connectivity index (χ1v) is 10.1. The molecule has 142 valence electrons. The summed E-state index contributed by atoms with van der Waals surface area (Å²) in [5, 5.41) is 43.4. The number of allylic oxidation sites excluding steroid dienone is 1. The lowest BCUT2D eigenvalue weighted by molar-refractivity contribution is -0.232. The van der Waals surface area contributed by atoms with Gasteiger partial charge in [-0.05, 0) is 75.0 Å². The molecule has 0 saturated heterocycles. The zero-order valence-electron chi connectivity index (χ0n) is 15.8. The largest absolute Gasteiger partial charge is 0.393 e. The summed E-state index contributed by atoms with van der Waals surface area (Å²) in [5.74, 6) is 0.328. The van der Waals surface area contributed by atoms with Crippen molar-refractivity contribution in [2.45, 2.75) is 89.6 Å². The third kappa shape index (κ3) is 2.14. The zero-order chi connectivity index (χ0) is 18.2. The summed E-state index contributed by atoms with van der Waals surface area (Å²) in [6.07, 6.45) is 6.35. The fraction of sp³-hybridized carbons (Fsp3) is 0.905. The maximum atomic E-state index is 11.9. The van der Waals surface area contributed by atoms with E-state index in [9.17, 15) is 20.4 Å². The van der Waals surface area contributed by atoms with E-state index in [1.54, 1.807) is 6.92 Å². The Hall–Kier alpha value is -0.420. The van der Waals surface area contributed by atoms with E-state index in [2.05, 4.69) is 13.0 Å². The molecule has 4 aliphatic rings. The summed E-state index contributed by atoms with van der Waals surface area (Å²) in [5.41, 5.74) is -0.253. The summed E-state index contributed by atoms with van der Waals surface area (Å²) in [6.45, 7) is 6.08. The van der Waals surface area contributed by atoms with Gasteiger partial charge in [-0.25, -0.2) is 0 Å². The molecule has 4 nitrogen and oxygen atoms in total. The molecular weight excluding hydrogens is 316 g/mol. The van der Waals surface area contributed by atoms with Gasteiger partial charge in [0.05, 0.1) is 23.9 Å². The number of fused-ring (bicyclic) bond motifs is 5. The van der Waals surface area contributed by atoms with Gasteiger partial charge in [0, 0.05) is 5.41 Å². The SMILES string of the molecule is CC(O)[C@H]1CC[C@]2(O)[C@@H]3CC=C4C[C@@H](O)CC[C@]4(C)[C@H]3C[C@@H](O)[C@]12C. The van der Waals surface area contributed by atoms with Crippen LogP contribution in [0.4, 0.5) is 0 Å². The minimum absolute atomic E-state index is 0.0247. The van der Waals surface area contributed by atoms with Crippen molar-refractivity contribution in [3.8, 4) is 0 Å². The molecule has 25 heavy (non-hydrogen) atoms. The molecule has 0 aromatic heterocycles. The van der Waals surface area contributed by atoms with Crippen LogP contribution in [0.5, 0.6) is 0 Å². The maximum absolute atomic E-state index is 11.9. The van der Waals surface area contributed by atoms with Gasteiger partial charge in [-0.1, -0.05) is 25.5 Å². The Balaban J connectivity index is 1.76. The fourth-order valence-electron chi connectivity index (χ4n) is 7.40. The van der Waals surface area contributed by atoms with Gasteiger partial charge in [-0.3, -0.25) is 0 Å². The van der Waals surface area contributed by atoms with E-state index >= 15 is 0 Å². The molecule has 4 rings (SSSR count). The molecule has 0 bridgehead atoms. The highest BCUT2D eigenvalue weighted by Gasteiger charge is 2.69. The molecule has 1 unspecified atom stereocenters. The molecular formula is C21H34O4. The summed E-state index contributed by atoms with van der Waals surface area (Å²) in [7, 11) is 0. The average Bonchev–Trinajstić information content (AvgIpc) is 2.83. The van der Waals surface area contributed by atoms with E-state index in [4.69, 9.17) is 0 Å². The van der Waals surface area contributed by atoms with Crippen LogP contribution in [0.25, 0.3) is 0 Å². The van der Waals surface area contributed by atoms with Crippen molar-refractivity contribution in [2.75, 3.05) is 0 Å². The van der Waals surface area contributed by atoms with Gasteiger partial charge >= 0.3 is 0 Å². The van der Waals surface area contributed by atoms with Crippen LogP contribution in [0.1, 0.15) is 65.7 Å². The summed E-state index contributed by atoms with van der Waals surface area (Å²) in [6, 6.07) is 0. The number of aliphatic hydroxyl groups excluding tert-OH is 3. The number of hydrogen-bond acceptors (Lipinski definition) is 4. The van der Waals surface area contributed by atoms with Crippen LogP contribution >= 0.6 is 0 Å². The minimum Gasteiger partial charge on any atom is -0.393 e. The first-order chi connectivity index (χ1) is 11.6. The lowest BCUT2D eigenvalue weighted by atomic mass is 9.45. The minimum atomic E-state index is -0.919. The predicted molar refractivity (Wildman–Crippen MR) is 95.7 cm³/mol. The first kappa shape index (κ1) is 18.0. The molecule has 4 aliphatic carbocycles. The van der Waals surface area contributed by atoms with Gasteiger partial charge in [-0.15, -0.1) is 0 Å². The summed E-state index contributed by atoms with van der Waals surface area (Å²) >= 11 is 0. The van der Waals surface area contributed by atoms with Gasteiger partial charge < -0.3 is 20.4 Å². The fourth-order valence-corrected chi connectivity index (χ4v) is 7.40. The molecule has 3 fully saturated rings. The molecule has 0 radical (unpaired) electrons. The number of aliphatic hydroxyl groups is 4. The van der Waals surface area contributed by atoms with Gasteiger partial charge in [-0.2, -0.15) is 0 Å². The van der Waals surface area contributed by atoms with Crippen molar-refractivity contribution >= 4 is 0 Å². The van der Waals surface area contributed by atoms with Gasteiger partial charge in [0.15, 0.2) is 0 Å². The van der Waals surface area contributed by atoms with Gasteiger partial charge in [0.2, 0.25) is 0 Å². The van der Waals surface area contributed by atoms with Crippen molar-refractivity contribution in [1.29, 1.82) is 0 Å². The first-order valence-electron chi connectivity index (χ1n) is 10.1. The molecule has 4 heteroatoms. The molecule has 9 atom stereocenters. The van der Waals surface area contributed by atoms with Crippen molar-refractivity contribution in [3.63, 3.8) is 0 Å². The highest BCUT2D eigenvalue weighted by molar-refractivity contribution is 5.29. The van der Waals surface area contributed by atoms with Crippen molar-refractivity contribution < 1.29 is 20.4 Å². The molecule has 0 aromatic carbocycles. The number of hydrogen-bond donors (Lipinski definition) is 4. The highest BCUT2D eigenvalue weighted by atomic mass is 16.3. The average molecular weight is 350 g/mol. The van der Waals surface area contributed by atoms with E-state index in [0.29, 0.717) is 12.8 Å². The van der Waals surface area contributed by atoms with Crippen LogP contribution in [0.3, 0.4) is 0 Å². The molecule has 0 spiro atoms. The molecule has 0 aliphatic heterocycles. The van der Waals surface area contributed by atoms with Crippen LogP contribution in [0.2, 0.25) is 0 Å². The van der Waals surface area contributed by atoms with Gasteiger partial charge in [0.25, 0.3) is 0 Å². The Morgan fingerprint density at radius 2 is 1.84 bits per heavy atom. The molecule has 0 heterocycles. The lowest BCUT2D eigenvalue weighted by Crippen LogP contribution is -2.66.